The van der Waals surface area contributed by atoms with Crippen molar-refractivity contribution in [3.8, 4) is 11.3 Å². The molecule has 3 N–H and O–H groups in total. The summed E-state index contributed by atoms with van der Waals surface area (Å²) in [5, 5.41) is 13.1. The van der Waals surface area contributed by atoms with Gasteiger partial charge in [-0.05, 0) is 79.5 Å². The number of aromatic amines is 1. The summed E-state index contributed by atoms with van der Waals surface area (Å²) < 4.78 is 41.9. The number of hydrogen-bond donors (Lipinski definition) is 3. The molecule has 2 fully saturated rings. The van der Waals surface area contributed by atoms with Crippen LogP contribution < -0.4 is 5.32 Å². The molecule has 0 saturated heterocycles. The molecule has 0 aliphatic heterocycles. The Kier molecular flexibility index (Phi) is 5.01. The molecule has 7 heteroatoms. The Bertz CT molecular complexity index is 1140. The number of aromatic nitrogens is 1. The molecule has 2 aliphatic rings. The van der Waals surface area contributed by atoms with E-state index >= 15 is 0 Å². The van der Waals surface area contributed by atoms with Gasteiger partial charge in [-0.2, -0.15) is 0 Å². The first-order valence-electron chi connectivity index (χ1n) is 10.6. The topological polar surface area (TPSA) is 65.1 Å². The van der Waals surface area contributed by atoms with E-state index in [2.05, 4.69) is 10.3 Å². The van der Waals surface area contributed by atoms with E-state index < -0.39 is 11.6 Å². The van der Waals surface area contributed by atoms with Gasteiger partial charge < -0.3 is 15.4 Å². The van der Waals surface area contributed by atoms with Crippen LogP contribution in [0.4, 0.5) is 13.2 Å². The molecule has 1 heterocycles. The van der Waals surface area contributed by atoms with Crippen molar-refractivity contribution in [2.75, 3.05) is 0 Å². The summed E-state index contributed by atoms with van der Waals surface area (Å²) in [4.78, 5) is 15.7. The Labute approximate surface area is 177 Å². The average molecular weight is 428 g/mol. The molecule has 0 radical (unpaired) electrons. The zero-order valence-corrected chi connectivity index (χ0v) is 16.8. The number of H-pyrrole nitrogens is 1. The smallest absolute Gasteiger partial charge is 0.223 e. The van der Waals surface area contributed by atoms with Gasteiger partial charge in [-0.15, -0.1) is 0 Å². The molecule has 0 spiro atoms. The summed E-state index contributed by atoms with van der Waals surface area (Å²) >= 11 is 0. The van der Waals surface area contributed by atoms with Crippen molar-refractivity contribution >= 4 is 16.8 Å². The van der Waals surface area contributed by atoms with Gasteiger partial charge in [0.15, 0.2) is 0 Å². The van der Waals surface area contributed by atoms with E-state index in [1.165, 1.54) is 18.2 Å². The maximum Gasteiger partial charge on any atom is 0.223 e. The van der Waals surface area contributed by atoms with Crippen LogP contribution in [-0.2, 0) is 4.79 Å². The number of carbonyl (C=O) groups excluding carboxylic acids is 1. The number of nitrogens with one attached hydrogen (secondary N) is 2. The summed E-state index contributed by atoms with van der Waals surface area (Å²) in [5.41, 5.74) is 2.28. The van der Waals surface area contributed by atoms with E-state index in [9.17, 15) is 23.1 Å². The molecule has 5 rings (SSSR count). The summed E-state index contributed by atoms with van der Waals surface area (Å²) in [7, 11) is 0. The van der Waals surface area contributed by atoms with E-state index in [0.717, 1.165) is 18.1 Å². The van der Waals surface area contributed by atoms with Crippen LogP contribution in [0.25, 0.3) is 22.2 Å². The van der Waals surface area contributed by atoms with Crippen molar-refractivity contribution in [1.82, 2.24) is 10.3 Å². The molecule has 2 aromatic carbocycles. The molecule has 1 amide bonds. The summed E-state index contributed by atoms with van der Waals surface area (Å²) in [6.45, 7) is 0. The van der Waals surface area contributed by atoms with Crippen LogP contribution in [0.2, 0.25) is 0 Å². The number of fused-ring (bicyclic) bond motifs is 1. The third kappa shape index (κ3) is 3.71. The molecule has 0 unspecified atom stereocenters. The number of amides is 1. The van der Waals surface area contributed by atoms with Gasteiger partial charge in [0.25, 0.3) is 0 Å². The van der Waals surface area contributed by atoms with E-state index in [1.807, 2.05) is 0 Å². The summed E-state index contributed by atoms with van der Waals surface area (Å²) in [6, 6.07) is 8.02. The van der Waals surface area contributed by atoms with Crippen molar-refractivity contribution < 1.29 is 23.1 Å². The van der Waals surface area contributed by atoms with Gasteiger partial charge in [-0.1, -0.05) is 0 Å². The maximum absolute atomic E-state index is 14.5. The minimum atomic E-state index is -0.682. The monoisotopic (exact) mass is 428 g/mol. The summed E-state index contributed by atoms with van der Waals surface area (Å²) in [6.07, 6.45) is 2.84. The highest BCUT2D eigenvalue weighted by Gasteiger charge is 2.39. The van der Waals surface area contributed by atoms with Gasteiger partial charge in [0.05, 0.1) is 17.3 Å². The van der Waals surface area contributed by atoms with Crippen LogP contribution in [0, 0.1) is 23.4 Å². The number of halogens is 3. The quantitative estimate of drug-likeness (QED) is 0.560. The lowest BCUT2D eigenvalue weighted by molar-refractivity contribution is -0.128. The molecule has 2 saturated carbocycles. The fraction of sp³-hybridized carbons (Fsp3) is 0.375. The number of benzene rings is 2. The van der Waals surface area contributed by atoms with Gasteiger partial charge >= 0.3 is 0 Å². The van der Waals surface area contributed by atoms with Crippen LogP contribution in [0.15, 0.2) is 36.4 Å². The zero-order chi connectivity index (χ0) is 21.7. The first-order chi connectivity index (χ1) is 14.9. The predicted octanol–water partition coefficient (Wildman–Crippen LogP) is 4.78. The Morgan fingerprint density at radius 2 is 1.74 bits per heavy atom. The molecule has 1 aromatic heterocycles. The normalized spacial score (nSPS) is 25.5. The average Bonchev–Trinajstić information content (AvgIpc) is 3.25. The van der Waals surface area contributed by atoms with Crippen LogP contribution >= 0.6 is 0 Å². The minimum Gasteiger partial charge on any atom is -0.393 e. The van der Waals surface area contributed by atoms with Crippen molar-refractivity contribution in [2.45, 2.75) is 50.2 Å². The van der Waals surface area contributed by atoms with Gasteiger partial charge in [-0.25, -0.2) is 13.2 Å². The van der Waals surface area contributed by atoms with E-state index in [0.29, 0.717) is 42.3 Å². The lowest BCUT2D eigenvalue weighted by Gasteiger charge is -2.35. The summed E-state index contributed by atoms with van der Waals surface area (Å²) in [5.74, 6) is -1.97. The Morgan fingerprint density at radius 3 is 2.42 bits per heavy atom. The third-order valence-corrected chi connectivity index (χ3v) is 6.67. The van der Waals surface area contributed by atoms with E-state index in [-0.39, 0.29) is 41.2 Å². The SMILES string of the molecule is O=C(N[C@H]1CC[C@H](O)C1)[C@H]1C[C@H](c2c(-c3ccc(F)cc3)[nH]c3c(F)cc(F)cc32)C1. The van der Waals surface area contributed by atoms with Crippen molar-refractivity contribution in [3.05, 3.63) is 59.4 Å². The minimum absolute atomic E-state index is 0.00704. The Hall–Kier alpha value is -2.80. The largest absolute Gasteiger partial charge is 0.393 e. The first kappa shape index (κ1) is 20.1. The molecule has 162 valence electrons. The number of hydrogen-bond acceptors (Lipinski definition) is 2. The highest BCUT2D eigenvalue weighted by Crippen LogP contribution is 2.48. The van der Waals surface area contributed by atoms with Crippen LogP contribution in [0.1, 0.15) is 43.6 Å². The van der Waals surface area contributed by atoms with Crippen molar-refractivity contribution in [2.24, 2.45) is 5.92 Å². The lowest BCUT2D eigenvalue weighted by atomic mass is 9.69. The first-order valence-corrected chi connectivity index (χ1v) is 10.6. The second-order valence-electron chi connectivity index (χ2n) is 8.77. The predicted molar refractivity (Wildman–Crippen MR) is 111 cm³/mol. The Morgan fingerprint density at radius 1 is 1.00 bits per heavy atom. The van der Waals surface area contributed by atoms with Gasteiger partial charge in [0.1, 0.15) is 17.5 Å². The molecule has 4 nitrogen and oxygen atoms in total. The van der Waals surface area contributed by atoms with Crippen LogP contribution in [-0.4, -0.2) is 28.1 Å². The highest BCUT2D eigenvalue weighted by atomic mass is 19.1. The molecule has 0 bridgehead atoms. The molecule has 2 atom stereocenters. The molecular formula is C24H23F3N2O2. The molecule has 31 heavy (non-hydrogen) atoms. The van der Waals surface area contributed by atoms with Gasteiger partial charge in [0, 0.05) is 23.4 Å². The van der Waals surface area contributed by atoms with Crippen molar-refractivity contribution in [3.63, 3.8) is 0 Å². The zero-order valence-electron chi connectivity index (χ0n) is 16.8. The van der Waals surface area contributed by atoms with Gasteiger partial charge in [-0.3, -0.25) is 4.79 Å². The second-order valence-corrected chi connectivity index (χ2v) is 8.77. The standard InChI is InChI=1S/C24H23F3N2O2/c25-15-3-1-12(2-4-15)22-21(19-9-16(26)10-20(27)23(19)29-22)13-7-14(8-13)24(31)28-17-5-6-18(30)11-17/h1-4,9-10,13-14,17-18,29-30H,5-8,11H2,(H,28,31)/t13-,14-,17-,18-/m0/s1. The molecular weight excluding hydrogens is 405 g/mol. The second kappa shape index (κ2) is 7.71. The van der Waals surface area contributed by atoms with E-state index in [1.54, 1.807) is 12.1 Å². The Balaban J connectivity index is 1.43. The maximum atomic E-state index is 14.5. The van der Waals surface area contributed by atoms with Crippen molar-refractivity contribution in [1.29, 1.82) is 0 Å². The number of rotatable bonds is 4. The van der Waals surface area contributed by atoms with Gasteiger partial charge in [0.2, 0.25) is 5.91 Å². The van der Waals surface area contributed by atoms with E-state index in [4.69, 9.17) is 0 Å². The van der Waals surface area contributed by atoms with Crippen LogP contribution in [0.5, 0.6) is 0 Å². The number of aliphatic hydroxyl groups excluding tert-OH is 1. The fourth-order valence-corrected chi connectivity index (χ4v) is 4.98. The lowest BCUT2D eigenvalue weighted by Crippen LogP contribution is -2.42. The number of aliphatic hydroxyl groups is 1. The van der Waals surface area contributed by atoms with Crippen LogP contribution in [0.3, 0.4) is 0 Å². The molecule has 2 aliphatic carbocycles. The number of carbonyl (C=O) groups is 1. The molecule has 3 aromatic rings. The third-order valence-electron chi connectivity index (χ3n) is 6.67. The highest BCUT2D eigenvalue weighted by molar-refractivity contribution is 5.92. The fourth-order valence-electron chi connectivity index (χ4n) is 4.98.